The van der Waals surface area contributed by atoms with E-state index in [4.69, 9.17) is 16.3 Å². The Morgan fingerprint density at radius 3 is 2.71 bits per heavy atom. The van der Waals surface area contributed by atoms with Crippen LogP contribution in [0.2, 0.25) is 5.02 Å². The third kappa shape index (κ3) is 6.41. The number of aromatic nitrogens is 3. The molecule has 1 aliphatic heterocycles. The molecule has 2 aromatic rings. The first-order chi connectivity index (χ1) is 14.8. The van der Waals surface area contributed by atoms with Crippen LogP contribution in [-0.2, 0) is 11.3 Å². The Hall–Kier alpha value is -2.65. The summed E-state index contributed by atoms with van der Waals surface area (Å²) < 4.78 is 7.36. The van der Waals surface area contributed by atoms with Gasteiger partial charge in [0.2, 0.25) is 0 Å². The number of hydrogen-bond acceptors (Lipinski definition) is 6. The van der Waals surface area contributed by atoms with Gasteiger partial charge in [0.25, 0.3) is 11.8 Å². The van der Waals surface area contributed by atoms with E-state index in [1.165, 1.54) is 0 Å². The first-order valence-corrected chi connectivity index (χ1v) is 10.8. The second kappa shape index (κ2) is 10.6. The topological polar surface area (TPSA) is 92.6 Å². The highest BCUT2D eigenvalue weighted by atomic mass is 35.5. The highest BCUT2D eigenvalue weighted by Crippen LogP contribution is 2.22. The van der Waals surface area contributed by atoms with Crippen molar-refractivity contribution in [3.8, 4) is 5.75 Å². The summed E-state index contributed by atoms with van der Waals surface area (Å²) in [6.45, 7) is 7.72. The molecule has 1 aromatic heterocycles. The molecule has 0 radical (unpaired) electrons. The van der Waals surface area contributed by atoms with E-state index in [-0.39, 0.29) is 11.8 Å². The smallest absolute Gasteiger partial charge is 0.276 e. The Balaban J connectivity index is 1.39. The van der Waals surface area contributed by atoms with Crippen LogP contribution in [0.3, 0.4) is 0 Å². The molecule has 9 nitrogen and oxygen atoms in total. The summed E-state index contributed by atoms with van der Waals surface area (Å²) >= 11 is 5.95. The quantitative estimate of drug-likeness (QED) is 0.617. The van der Waals surface area contributed by atoms with Crippen molar-refractivity contribution in [2.24, 2.45) is 0 Å². The van der Waals surface area contributed by atoms with Gasteiger partial charge in [0.1, 0.15) is 5.75 Å². The van der Waals surface area contributed by atoms with Gasteiger partial charge in [-0.1, -0.05) is 16.8 Å². The van der Waals surface area contributed by atoms with Gasteiger partial charge in [0.15, 0.2) is 11.8 Å². The lowest BCUT2D eigenvalue weighted by Crippen LogP contribution is -2.47. The molecule has 0 spiro atoms. The SMILES string of the molecule is Cc1cc(Cl)ccc1OC(C)C(=O)NCCCn1cc(C(=O)N2CCN(C)CC2)nn1. The molecule has 31 heavy (non-hydrogen) atoms. The Kier molecular flexibility index (Phi) is 7.86. The van der Waals surface area contributed by atoms with Crippen LogP contribution in [0.15, 0.2) is 24.4 Å². The summed E-state index contributed by atoms with van der Waals surface area (Å²) in [5.74, 6) is 0.349. The molecule has 168 valence electrons. The summed E-state index contributed by atoms with van der Waals surface area (Å²) in [6, 6.07) is 5.28. The van der Waals surface area contributed by atoms with Crippen molar-refractivity contribution in [1.29, 1.82) is 0 Å². The number of likely N-dealkylation sites (N-methyl/N-ethyl adjacent to an activating group) is 1. The summed E-state index contributed by atoms with van der Waals surface area (Å²) in [6.07, 6.45) is 1.70. The standard InChI is InChI=1S/C21H29ClN6O3/c1-15-13-17(22)5-6-19(15)31-16(2)20(29)23-7-4-8-28-14-18(24-25-28)21(30)27-11-9-26(3)10-12-27/h5-6,13-14,16H,4,7-12H2,1-3H3,(H,23,29). The highest BCUT2D eigenvalue weighted by Gasteiger charge is 2.22. The maximum absolute atomic E-state index is 12.5. The zero-order chi connectivity index (χ0) is 22.4. The first-order valence-electron chi connectivity index (χ1n) is 10.4. The van der Waals surface area contributed by atoms with Gasteiger partial charge in [0, 0.05) is 44.3 Å². The largest absolute Gasteiger partial charge is 0.481 e. The summed E-state index contributed by atoms with van der Waals surface area (Å²) in [5, 5.41) is 11.5. The van der Waals surface area contributed by atoms with E-state index in [2.05, 4.69) is 20.5 Å². The maximum Gasteiger partial charge on any atom is 0.276 e. The number of carbonyl (C=O) groups excluding carboxylic acids is 2. The number of amides is 2. The molecule has 1 aliphatic rings. The lowest BCUT2D eigenvalue weighted by Gasteiger charge is -2.31. The fourth-order valence-electron chi connectivity index (χ4n) is 3.26. The van der Waals surface area contributed by atoms with E-state index >= 15 is 0 Å². The first kappa shape index (κ1) is 23.0. The molecule has 1 N–H and O–H groups in total. The van der Waals surface area contributed by atoms with Crippen molar-refractivity contribution in [2.45, 2.75) is 32.9 Å². The molecule has 1 aromatic carbocycles. The number of hydrogen-bond donors (Lipinski definition) is 1. The minimum absolute atomic E-state index is 0.0869. The normalized spacial score (nSPS) is 15.5. The molecule has 3 rings (SSSR count). The average molecular weight is 449 g/mol. The highest BCUT2D eigenvalue weighted by molar-refractivity contribution is 6.30. The number of rotatable bonds is 8. The number of ether oxygens (including phenoxy) is 1. The molecule has 1 fully saturated rings. The molecular weight excluding hydrogens is 420 g/mol. The summed E-state index contributed by atoms with van der Waals surface area (Å²) in [4.78, 5) is 28.8. The van der Waals surface area contributed by atoms with Crippen molar-refractivity contribution < 1.29 is 14.3 Å². The second-order valence-electron chi connectivity index (χ2n) is 7.78. The van der Waals surface area contributed by atoms with E-state index in [1.807, 2.05) is 14.0 Å². The van der Waals surface area contributed by atoms with Crippen LogP contribution in [0.25, 0.3) is 0 Å². The van der Waals surface area contributed by atoms with Crippen molar-refractivity contribution in [1.82, 2.24) is 30.1 Å². The molecule has 10 heteroatoms. The minimum atomic E-state index is -0.626. The van der Waals surface area contributed by atoms with Crippen molar-refractivity contribution in [2.75, 3.05) is 39.8 Å². The van der Waals surface area contributed by atoms with Crippen LogP contribution in [0, 0.1) is 6.92 Å². The van der Waals surface area contributed by atoms with Crippen molar-refractivity contribution in [3.63, 3.8) is 0 Å². The number of nitrogens with one attached hydrogen (secondary N) is 1. The number of carbonyl (C=O) groups is 2. The van der Waals surface area contributed by atoms with E-state index in [1.54, 1.807) is 40.9 Å². The molecule has 2 amide bonds. The van der Waals surface area contributed by atoms with Gasteiger partial charge >= 0.3 is 0 Å². The van der Waals surface area contributed by atoms with Crippen LogP contribution >= 0.6 is 11.6 Å². The van der Waals surface area contributed by atoms with Crippen molar-refractivity contribution in [3.05, 3.63) is 40.7 Å². The zero-order valence-corrected chi connectivity index (χ0v) is 18.9. The molecule has 0 aliphatic carbocycles. The Morgan fingerprint density at radius 2 is 2.00 bits per heavy atom. The summed E-state index contributed by atoms with van der Waals surface area (Å²) in [7, 11) is 2.04. The predicted molar refractivity (Wildman–Crippen MR) is 117 cm³/mol. The van der Waals surface area contributed by atoms with Crippen LogP contribution in [-0.4, -0.2) is 82.5 Å². The lowest BCUT2D eigenvalue weighted by molar-refractivity contribution is -0.127. The second-order valence-corrected chi connectivity index (χ2v) is 8.21. The molecule has 2 heterocycles. The fraction of sp³-hybridized carbons (Fsp3) is 0.524. The van der Waals surface area contributed by atoms with Crippen LogP contribution in [0.1, 0.15) is 29.4 Å². The van der Waals surface area contributed by atoms with Crippen LogP contribution in [0.5, 0.6) is 5.75 Å². The molecule has 1 atom stereocenters. The van der Waals surface area contributed by atoms with Gasteiger partial charge in [0.05, 0.1) is 6.20 Å². The molecule has 0 saturated carbocycles. The lowest BCUT2D eigenvalue weighted by atomic mass is 10.2. The van der Waals surface area contributed by atoms with Gasteiger partial charge in [-0.15, -0.1) is 5.10 Å². The number of aryl methyl sites for hydroxylation is 2. The number of piperazine rings is 1. The molecule has 0 bridgehead atoms. The Morgan fingerprint density at radius 1 is 1.26 bits per heavy atom. The summed E-state index contributed by atoms with van der Waals surface area (Å²) in [5.41, 5.74) is 1.23. The Labute approximate surface area is 187 Å². The number of benzene rings is 1. The monoisotopic (exact) mass is 448 g/mol. The maximum atomic E-state index is 12.5. The van der Waals surface area contributed by atoms with E-state index < -0.39 is 6.10 Å². The molecular formula is C21H29ClN6O3. The third-order valence-corrected chi connectivity index (χ3v) is 5.46. The molecule has 1 unspecified atom stereocenters. The minimum Gasteiger partial charge on any atom is -0.481 e. The molecule has 1 saturated heterocycles. The Bertz CT molecular complexity index is 910. The number of halogens is 1. The van der Waals surface area contributed by atoms with Gasteiger partial charge in [-0.25, -0.2) is 0 Å². The fourth-order valence-corrected chi connectivity index (χ4v) is 3.49. The predicted octanol–water partition coefficient (Wildman–Crippen LogP) is 1.60. The van der Waals surface area contributed by atoms with E-state index in [9.17, 15) is 9.59 Å². The zero-order valence-electron chi connectivity index (χ0n) is 18.2. The van der Waals surface area contributed by atoms with E-state index in [0.29, 0.717) is 49.1 Å². The average Bonchev–Trinajstić information content (AvgIpc) is 3.22. The third-order valence-electron chi connectivity index (χ3n) is 5.22. The van der Waals surface area contributed by atoms with Crippen molar-refractivity contribution >= 4 is 23.4 Å². The van der Waals surface area contributed by atoms with Gasteiger partial charge in [-0.2, -0.15) is 0 Å². The van der Waals surface area contributed by atoms with E-state index in [0.717, 1.165) is 18.7 Å². The number of nitrogens with zero attached hydrogens (tertiary/aromatic N) is 5. The van der Waals surface area contributed by atoms with Crippen LogP contribution < -0.4 is 10.1 Å². The van der Waals surface area contributed by atoms with Gasteiger partial charge in [-0.3, -0.25) is 14.3 Å². The van der Waals surface area contributed by atoms with Gasteiger partial charge in [-0.05, 0) is 51.1 Å². The van der Waals surface area contributed by atoms with Gasteiger partial charge < -0.3 is 19.9 Å². The van der Waals surface area contributed by atoms with Crippen LogP contribution in [0.4, 0.5) is 0 Å².